The Bertz CT molecular complexity index is 456. The lowest BCUT2D eigenvalue weighted by molar-refractivity contribution is 0.199. The van der Waals surface area contributed by atoms with Gasteiger partial charge in [-0.1, -0.05) is 40.5 Å². The molecule has 0 radical (unpaired) electrons. The molecule has 2 nitrogen and oxygen atoms in total. The summed E-state index contributed by atoms with van der Waals surface area (Å²) in [5.74, 6) is 2.14. The maximum absolute atomic E-state index is 6.06. The molecular formula is C18H29ClN2. The molecule has 0 saturated carbocycles. The van der Waals surface area contributed by atoms with Crippen LogP contribution < -0.4 is 4.90 Å². The van der Waals surface area contributed by atoms with Gasteiger partial charge in [-0.2, -0.15) is 0 Å². The summed E-state index contributed by atoms with van der Waals surface area (Å²) >= 11 is 6.06. The van der Waals surface area contributed by atoms with E-state index in [9.17, 15) is 0 Å². The summed E-state index contributed by atoms with van der Waals surface area (Å²) in [5, 5.41) is 0. The maximum Gasteiger partial charge on any atom is 0.129 e. The smallest absolute Gasteiger partial charge is 0.129 e. The topological polar surface area (TPSA) is 16.1 Å². The van der Waals surface area contributed by atoms with Crippen LogP contribution in [-0.2, 0) is 5.88 Å². The first-order valence-corrected chi connectivity index (χ1v) is 8.89. The van der Waals surface area contributed by atoms with Crippen LogP contribution in [0, 0.1) is 5.41 Å². The molecular weight excluding hydrogens is 280 g/mol. The fraction of sp³-hybridized carbons (Fsp3) is 0.722. The number of hydrogen-bond acceptors (Lipinski definition) is 2. The van der Waals surface area contributed by atoms with E-state index in [-0.39, 0.29) is 0 Å². The summed E-state index contributed by atoms with van der Waals surface area (Å²) in [6.45, 7) is 11.3. The highest BCUT2D eigenvalue weighted by molar-refractivity contribution is 6.17. The first-order chi connectivity index (χ1) is 10.0. The number of rotatable bonds is 5. The van der Waals surface area contributed by atoms with Crippen molar-refractivity contribution in [2.45, 2.75) is 65.2 Å². The lowest BCUT2D eigenvalue weighted by atomic mass is 9.74. The molecule has 0 unspecified atom stereocenters. The number of halogens is 1. The van der Waals surface area contributed by atoms with Crippen LogP contribution in [0.15, 0.2) is 12.1 Å². The average molecular weight is 309 g/mol. The molecule has 1 aromatic rings. The molecule has 0 amide bonds. The van der Waals surface area contributed by atoms with Crippen molar-refractivity contribution in [2.24, 2.45) is 5.41 Å². The Morgan fingerprint density at radius 1 is 1.19 bits per heavy atom. The normalized spacial score (nSPS) is 18.3. The van der Waals surface area contributed by atoms with Crippen LogP contribution in [0.5, 0.6) is 0 Å². The van der Waals surface area contributed by atoms with E-state index in [0.29, 0.717) is 17.2 Å². The highest BCUT2D eigenvalue weighted by atomic mass is 35.5. The minimum Gasteiger partial charge on any atom is -0.357 e. The Hall–Kier alpha value is -0.760. The third kappa shape index (κ3) is 3.71. The summed E-state index contributed by atoms with van der Waals surface area (Å²) in [5.41, 5.74) is 2.90. The van der Waals surface area contributed by atoms with E-state index in [1.165, 1.54) is 31.2 Å². The summed E-state index contributed by atoms with van der Waals surface area (Å²) in [7, 11) is 0. The molecule has 2 rings (SSSR count). The minimum atomic E-state index is 0.446. The Morgan fingerprint density at radius 3 is 2.29 bits per heavy atom. The molecule has 21 heavy (non-hydrogen) atoms. The van der Waals surface area contributed by atoms with Crippen molar-refractivity contribution in [2.75, 3.05) is 18.0 Å². The number of anilines is 1. The Morgan fingerprint density at radius 2 is 1.81 bits per heavy atom. The van der Waals surface area contributed by atoms with Gasteiger partial charge in [-0.15, -0.1) is 11.6 Å². The van der Waals surface area contributed by atoms with Crippen molar-refractivity contribution in [1.29, 1.82) is 0 Å². The molecule has 0 aliphatic carbocycles. The van der Waals surface area contributed by atoms with Crippen LogP contribution in [0.3, 0.4) is 0 Å². The van der Waals surface area contributed by atoms with Gasteiger partial charge in [-0.05, 0) is 41.9 Å². The monoisotopic (exact) mass is 308 g/mol. The fourth-order valence-electron chi connectivity index (χ4n) is 3.30. The van der Waals surface area contributed by atoms with Gasteiger partial charge < -0.3 is 4.90 Å². The second-order valence-electron chi connectivity index (χ2n) is 6.74. The molecule has 2 heterocycles. The number of alkyl halides is 1. The molecule has 118 valence electrons. The zero-order valence-electron chi connectivity index (χ0n) is 14.0. The molecule has 1 fully saturated rings. The van der Waals surface area contributed by atoms with E-state index in [1.807, 2.05) is 0 Å². The van der Waals surface area contributed by atoms with Crippen LogP contribution in [0.25, 0.3) is 0 Å². The van der Waals surface area contributed by atoms with Gasteiger partial charge in [0.2, 0.25) is 0 Å². The Kier molecular flexibility index (Phi) is 5.54. The first kappa shape index (κ1) is 16.6. The average Bonchev–Trinajstić information content (AvgIpc) is 2.54. The molecule has 1 aromatic heterocycles. The predicted octanol–water partition coefficient (Wildman–Crippen LogP) is 5.35. The van der Waals surface area contributed by atoms with Crippen LogP contribution >= 0.6 is 11.6 Å². The van der Waals surface area contributed by atoms with Crippen molar-refractivity contribution >= 4 is 17.4 Å². The van der Waals surface area contributed by atoms with Gasteiger partial charge in [0.05, 0.1) is 0 Å². The van der Waals surface area contributed by atoms with Crippen LogP contribution in [0.2, 0.25) is 0 Å². The third-order valence-corrected chi connectivity index (χ3v) is 5.59. The van der Waals surface area contributed by atoms with Gasteiger partial charge >= 0.3 is 0 Å². The zero-order valence-corrected chi connectivity index (χ0v) is 14.7. The summed E-state index contributed by atoms with van der Waals surface area (Å²) in [6, 6.07) is 4.32. The van der Waals surface area contributed by atoms with Crippen LogP contribution in [0.4, 0.5) is 5.82 Å². The SMILES string of the molecule is CCC1(CC)CCN(c2cc(CCl)cc(C(C)C)n2)CC1. The Labute approximate surface area is 134 Å². The van der Waals surface area contributed by atoms with Gasteiger partial charge in [0.15, 0.2) is 0 Å². The molecule has 0 aromatic carbocycles. The minimum absolute atomic E-state index is 0.446. The molecule has 1 aliphatic heterocycles. The van der Waals surface area contributed by atoms with Crippen molar-refractivity contribution in [3.8, 4) is 0 Å². The van der Waals surface area contributed by atoms with Crippen molar-refractivity contribution in [3.63, 3.8) is 0 Å². The number of nitrogens with zero attached hydrogens (tertiary/aromatic N) is 2. The lowest BCUT2D eigenvalue weighted by Crippen LogP contribution is -2.40. The van der Waals surface area contributed by atoms with E-state index in [4.69, 9.17) is 16.6 Å². The van der Waals surface area contributed by atoms with Gasteiger partial charge in [0.1, 0.15) is 5.82 Å². The van der Waals surface area contributed by atoms with Gasteiger partial charge in [0.25, 0.3) is 0 Å². The fourth-order valence-corrected chi connectivity index (χ4v) is 3.45. The summed E-state index contributed by atoms with van der Waals surface area (Å²) in [6.07, 6.45) is 5.15. The maximum atomic E-state index is 6.06. The van der Waals surface area contributed by atoms with Crippen molar-refractivity contribution in [3.05, 3.63) is 23.4 Å². The number of pyridine rings is 1. The third-order valence-electron chi connectivity index (χ3n) is 5.29. The number of hydrogen-bond donors (Lipinski definition) is 0. The van der Waals surface area contributed by atoms with Gasteiger partial charge in [-0.25, -0.2) is 4.98 Å². The van der Waals surface area contributed by atoms with E-state index in [1.54, 1.807) is 0 Å². The standard InChI is InChI=1S/C18H29ClN2/c1-5-18(6-2)7-9-21(10-8-18)17-12-15(13-19)11-16(20-17)14(3)4/h11-12,14H,5-10,13H2,1-4H3. The van der Waals surface area contributed by atoms with E-state index in [2.05, 4.69) is 44.7 Å². The molecule has 0 bridgehead atoms. The van der Waals surface area contributed by atoms with Crippen LogP contribution in [0.1, 0.15) is 70.6 Å². The molecule has 0 N–H and O–H groups in total. The molecule has 1 saturated heterocycles. The quantitative estimate of drug-likeness (QED) is 0.682. The number of aromatic nitrogens is 1. The van der Waals surface area contributed by atoms with Gasteiger partial charge in [0, 0.05) is 24.7 Å². The van der Waals surface area contributed by atoms with Crippen molar-refractivity contribution in [1.82, 2.24) is 4.98 Å². The summed E-state index contributed by atoms with van der Waals surface area (Å²) < 4.78 is 0. The van der Waals surface area contributed by atoms with Crippen molar-refractivity contribution < 1.29 is 0 Å². The highest BCUT2D eigenvalue weighted by Gasteiger charge is 2.31. The summed E-state index contributed by atoms with van der Waals surface area (Å²) in [4.78, 5) is 7.32. The lowest BCUT2D eigenvalue weighted by Gasteiger charge is -2.41. The largest absolute Gasteiger partial charge is 0.357 e. The van der Waals surface area contributed by atoms with Gasteiger partial charge in [-0.3, -0.25) is 0 Å². The predicted molar refractivity (Wildman–Crippen MR) is 92.3 cm³/mol. The first-order valence-electron chi connectivity index (χ1n) is 8.35. The van der Waals surface area contributed by atoms with E-state index >= 15 is 0 Å². The Balaban J connectivity index is 2.18. The van der Waals surface area contributed by atoms with Crippen LogP contribution in [-0.4, -0.2) is 18.1 Å². The second kappa shape index (κ2) is 7.00. The molecule has 1 aliphatic rings. The zero-order chi connectivity index (χ0) is 15.5. The highest BCUT2D eigenvalue weighted by Crippen LogP contribution is 2.39. The number of piperidine rings is 1. The molecule has 0 atom stereocenters. The molecule has 3 heteroatoms. The molecule has 0 spiro atoms. The van der Waals surface area contributed by atoms with E-state index < -0.39 is 0 Å². The second-order valence-corrected chi connectivity index (χ2v) is 7.01. The van der Waals surface area contributed by atoms with E-state index in [0.717, 1.165) is 24.6 Å².